The molecule has 11 heteroatoms. The van der Waals surface area contributed by atoms with E-state index in [0.29, 0.717) is 44.9 Å². The summed E-state index contributed by atoms with van der Waals surface area (Å²) in [5.74, 6) is -1.64. The van der Waals surface area contributed by atoms with E-state index in [1.807, 2.05) is 20.8 Å². The molecule has 1 heterocycles. The summed E-state index contributed by atoms with van der Waals surface area (Å²) in [6.45, 7) is 13.6. The number of carbonyl (C=O) groups excluding carboxylic acids is 1. The average molecular weight is 667 g/mol. The van der Waals surface area contributed by atoms with Crippen molar-refractivity contribution >= 4 is 5.97 Å². The van der Waals surface area contributed by atoms with E-state index in [1.165, 1.54) is 0 Å². The van der Waals surface area contributed by atoms with E-state index in [9.17, 15) is 45.6 Å². The van der Waals surface area contributed by atoms with Crippen LogP contribution >= 0.6 is 0 Å². The Morgan fingerprint density at radius 2 is 1.57 bits per heavy atom. The molecule has 4 saturated carbocycles. The third-order valence-electron chi connectivity index (χ3n) is 15.4. The summed E-state index contributed by atoms with van der Waals surface area (Å²) in [5, 5.41) is 87.6. The highest BCUT2D eigenvalue weighted by molar-refractivity contribution is 5.79. The zero-order chi connectivity index (χ0) is 34.9. The van der Waals surface area contributed by atoms with Crippen molar-refractivity contribution < 1.29 is 55.1 Å². The second-order valence-corrected chi connectivity index (χ2v) is 17.8. The number of ether oxygens (including phenoxy) is 2. The maximum Gasteiger partial charge on any atom is 0.315 e. The predicted molar refractivity (Wildman–Crippen MR) is 169 cm³/mol. The number of hydrogen-bond donors (Lipinski definition) is 8. The number of allylic oxidation sites excluding steroid dienone is 1. The van der Waals surface area contributed by atoms with Crippen LogP contribution in [-0.2, 0) is 14.3 Å². The van der Waals surface area contributed by atoms with Gasteiger partial charge in [0.25, 0.3) is 0 Å². The number of hydrogen-bond acceptors (Lipinski definition) is 11. The summed E-state index contributed by atoms with van der Waals surface area (Å²) >= 11 is 0. The largest absolute Gasteiger partial charge is 0.432 e. The summed E-state index contributed by atoms with van der Waals surface area (Å²) in [7, 11) is 0. The fourth-order valence-electron chi connectivity index (χ4n) is 12.6. The molecule has 47 heavy (non-hydrogen) atoms. The third-order valence-corrected chi connectivity index (χ3v) is 15.4. The fourth-order valence-corrected chi connectivity index (χ4v) is 12.6. The van der Waals surface area contributed by atoms with Crippen LogP contribution in [0.15, 0.2) is 11.6 Å². The van der Waals surface area contributed by atoms with Crippen LogP contribution in [0.1, 0.15) is 93.4 Å². The molecule has 1 aliphatic heterocycles. The molecule has 5 fully saturated rings. The van der Waals surface area contributed by atoms with Crippen LogP contribution in [0.3, 0.4) is 0 Å². The van der Waals surface area contributed by atoms with Crippen molar-refractivity contribution in [2.24, 2.45) is 50.7 Å². The molecule has 0 aromatic carbocycles. The number of carbonyl (C=O) groups is 1. The minimum Gasteiger partial charge on any atom is -0.432 e. The Balaban J connectivity index is 1.41. The summed E-state index contributed by atoms with van der Waals surface area (Å²) in [4.78, 5) is 14.5. The maximum atomic E-state index is 14.5. The van der Waals surface area contributed by atoms with Crippen LogP contribution in [0.25, 0.3) is 0 Å². The van der Waals surface area contributed by atoms with Gasteiger partial charge in [-0.2, -0.15) is 0 Å². The highest BCUT2D eigenvalue weighted by Gasteiger charge is 2.73. The number of aliphatic hydroxyl groups is 8. The van der Waals surface area contributed by atoms with Crippen molar-refractivity contribution in [2.45, 2.75) is 148 Å². The molecule has 268 valence electrons. The Bertz CT molecular complexity index is 1280. The standard InChI is InChI=1S/C36H58O11/c1-17-10-11-36(30(44)47-29-25(42)24(41)23(40)21(16-37)46-29)13-12-33(5)18(26(36)35(17,7)45)8-9-22-32(4)14-20(39)28(43)31(2,3)27(32)19(38)15-34(22,33)6/h8,17,19-29,37-43,45H,9-16H2,1-7H3. The summed E-state index contributed by atoms with van der Waals surface area (Å²) in [5.41, 5.74) is -3.71. The van der Waals surface area contributed by atoms with Gasteiger partial charge < -0.3 is 50.3 Å². The number of fused-ring (bicyclic) bond motifs is 7. The van der Waals surface area contributed by atoms with Crippen LogP contribution in [0.2, 0.25) is 0 Å². The molecule has 17 unspecified atom stereocenters. The first-order valence-electron chi connectivity index (χ1n) is 17.6. The molecule has 17 atom stereocenters. The van der Waals surface area contributed by atoms with E-state index >= 15 is 0 Å². The van der Waals surface area contributed by atoms with Crippen molar-refractivity contribution in [2.75, 3.05) is 6.61 Å². The first-order chi connectivity index (χ1) is 21.6. The lowest BCUT2D eigenvalue weighted by atomic mass is 9.32. The molecule has 0 amide bonds. The van der Waals surface area contributed by atoms with Crippen LogP contribution in [0.5, 0.6) is 0 Å². The van der Waals surface area contributed by atoms with Gasteiger partial charge >= 0.3 is 5.97 Å². The molecular weight excluding hydrogens is 608 g/mol. The first-order valence-corrected chi connectivity index (χ1v) is 17.6. The monoisotopic (exact) mass is 666 g/mol. The Hall–Kier alpha value is -1.15. The van der Waals surface area contributed by atoms with Gasteiger partial charge in [0.1, 0.15) is 24.4 Å². The predicted octanol–water partition coefficient (Wildman–Crippen LogP) is 1.40. The van der Waals surface area contributed by atoms with E-state index in [0.717, 1.165) is 5.57 Å². The number of aliphatic hydroxyl groups excluding tert-OH is 7. The molecular formula is C36H58O11. The van der Waals surface area contributed by atoms with Gasteiger partial charge in [0.05, 0.1) is 35.9 Å². The lowest BCUT2D eigenvalue weighted by molar-refractivity contribution is -0.299. The van der Waals surface area contributed by atoms with E-state index in [4.69, 9.17) is 9.47 Å². The third kappa shape index (κ3) is 4.60. The SMILES string of the molecule is CC1CCC2(C(=O)OC3OC(CO)C(O)C(O)C3O)CCC3(C)C(=CCC4C5(C)CC(O)C(O)C(C)(C)C5C(O)CC43C)C2C1(C)O. The minimum absolute atomic E-state index is 0.0538. The first kappa shape index (κ1) is 35.7. The van der Waals surface area contributed by atoms with Gasteiger partial charge in [0, 0.05) is 5.92 Å². The van der Waals surface area contributed by atoms with Crippen LogP contribution in [-0.4, -0.2) is 108 Å². The summed E-state index contributed by atoms with van der Waals surface area (Å²) < 4.78 is 11.4. The van der Waals surface area contributed by atoms with Gasteiger partial charge in [-0.1, -0.05) is 53.2 Å². The van der Waals surface area contributed by atoms with Gasteiger partial charge in [-0.3, -0.25) is 4.79 Å². The highest BCUT2D eigenvalue weighted by Crippen LogP contribution is 2.76. The molecule has 8 N–H and O–H groups in total. The van der Waals surface area contributed by atoms with Gasteiger partial charge in [0.2, 0.25) is 6.29 Å². The quantitative estimate of drug-likeness (QED) is 0.160. The van der Waals surface area contributed by atoms with E-state index < -0.39 is 100 Å². The Morgan fingerprint density at radius 3 is 2.21 bits per heavy atom. The zero-order valence-electron chi connectivity index (χ0n) is 29.0. The van der Waals surface area contributed by atoms with E-state index in [-0.39, 0.29) is 17.8 Å². The Labute approximate surface area is 278 Å². The minimum atomic E-state index is -1.73. The molecule has 5 aliphatic carbocycles. The molecule has 0 aromatic heterocycles. The van der Waals surface area contributed by atoms with E-state index in [1.54, 1.807) is 6.92 Å². The summed E-state index contributed by atoms with van der Waals surface area (Å²) in [6, 6.07) is 0. The molecule has 6 aliphatic rings. The average Bonchev–Trinajstić information content (AvgIpc) is 2.98. The van der Waals surface area contributed by atoms with E-state index in [2.05, 4.69) is 26.8 Å². The second kappa shape index (κ2) is 11.2. The van der Waals surface area contributed by atoms with Crippen LogP contribution in [0, 0.1) is 50.7 Å². The zero-order valence-corrected chi connectivity index (χ0v) is 29.0. The molecule has 6 rings (SSSR count). The molecule has 0 aromatic rings. The van der Waals surface area contributed by atoms with Crippen molar-refractivity contribution in [3.8, 4) is 0 Å². The lowest BCUT2D eigenvalue weighted by Crippen LogP contribution is -2.71. The van der Waals surface area contributed by atoms with Crippen LogP contribution < -0.4 is 0 Å². The van der Waals surface area contributed by atoms with Crippen molar-refractivity contribution in [1.29, 1.82) is 0 Å². The van der Waals surface area contributed by atoms with Gasteiger partial charge in [-0.15, -0.1) is 0 Å². The molecule has 11 nitrogen and oxygen atoms in total. The molecule has 0 radical (unpaired) electrons. The second-order valence-electron chi connectivity index (χ2n) is 17.8. The van der Waals surface area contributed by atoms with Crippen molar-refractivity contribution in [3.63, 3.8) is 0 Å². The van der Waals surface area contributed by atoms with Crippen LogP contribution in [0.4, 0.5) is 0 Å². The molecule has 1 saturated heterocycles. The molecule has 0 spiro atoms. The van der Waals surface area contributed by atoms with Gasteiger partial charge in [-0.05, 0) is 91.3 Å². The fraction of sp³-hybridized carbons (Fsp3) is 0.917. The number of rotatable bonds is 3. The Kier molecular flexibility index (Phi) is 8.48. The smallest absolute Gasteiger partial charge is 0.315 e. The Morgan fingerprint density at radius 1 is 0.915 bits per heavy atom. The van der Waals surface area contributed by atoms with Crippen molar-refractivity contribution in [3.05, 3.63) is 11.6 Å². The van der Waals surface area contributed by atoms with Gasteiger partial charge in [-0.25, -0.2) is 0 Å². The molecule has 0 bridgehead atoms. The summed E-state index contributed by atoms with van der Waals surface area (Å²) in [6.07, 6.45) is -4.87. The lowest BCUT2D eigenvalue weighted by Gasteiger charge is -2.72. The topological polar surface area (TPSA) is 197 Å². The van der Waals surface area contributed by atoms with Crippen molar-refractivity contribution in [1.82, 2.24) is 0 Å². The van der Waals surface area contributed by atoms with Gasteiger partial charge in [0.15, 0.2) is 0 Å². The normalized spacial score (nSPS) is 57.0. The maximum absolute atomic E-state index is 14.5. The number of esters is 1. The highest BCUT2D eigenvalue weighted by atomic mass is 16.7.